The molecule has 0 heterocycles. The zero-order chi connectivity index (χ0) is 17.9. The van der Waals surface area contributed by atoms with Crippen molar-refractivity contribution in [2.75, 3.05) is 7.11 Å². The summed E-state index contributed by atoms with van der Waals surface area (Å²) in [7, 11) is -2.90. The number of benzene rings is 2. The van der Waals surface area contributed by atoms with E-state index >= 15 is 0 Å². The molecule has 0 saturated heterocycles. The Labute approximate surface area is 137 Å². The lowest BCUT2D eigenvalue weighted by Crippen LogP contribution is -2.10. The molecule has 126 valence electrons. The number of nitro benzene ring substituents is 1. The lowest BCUT2D eigenvalue weighted by Gasteiger charge is -2.11. The number of carbonyl (C=O) groups is 1. The van der Waals surface area contributed by atoms with Crippen molar-refractivity contribution in [3.05, 3.63) is 58.1 Å². The molecule has 0 aliphatic heterocycles. The minimum Gasteiger partial charge on any atom is -0.493 e. The lowest BCUT2D eigenvalue weighted by atomic mass is 10.1. The number of nitrogens with zero attached hydrogens (tertiary/aromatic N) is 1. The number of hydrogen-bond acceptors (Lipinski definition) is 7. The Morgan fingerprint density at radius 1 is 1.08 bits per heavy atom. The van der Waals surface area contributed by atoms with Crippen LogP contribution in [-0.2, 0) is 10.1 Å². The van der Waals surface area contributed by atoms with E-state index in [1.807, 2.05) is 0 Å². The molecule has 0 radical (unpaired) electrons. The normalized spacial score (nSPS) is 10.9. The van der Waals surface area contributed by atoms with E-state index in [1.54, 1.807) is 0 Å². The Kier molecular flexibility index (Phi) is 4.84. The van der Waals surface area contributed by atoms with Crippen LogP contribution >= 0.6 is 0 Å². The molecule has 0 saturated carbocycles. The van der Waals surface area contributed by atoms with Crippen molar-refractivity contribution in [3.8, 4) is 11.5 Å². The van der Waals surface area contributed by atoms with Crippen molar-refractivity contribution in [2.45, 2.75) is 11.8 Å². The van der Waals surface area contributed by atoms with Crippen molar-refractivity contribution in [2.24, 2.45) is 0 Å². The van der Waals surface area contributed by atoms with Gasteiger partial charge in [-0.15, -0.1) is 0 Å². The molecule has 2 aromatic rings. The summed E-state index contributed by atoms with van der Waals surface area (Å²) in [5.41, 5.74) is 0.101. The monoisotopic (exact) mass is 351 g/mol. The van der Waals surface area contributed by atoms with E-state index in [4.69, 9.17) is 8.92 Å². The van der Waals surface area contributed by atoms with Crippen LogP contribution in [0.3, 0.4) is 0 Å². The first-order valence-corrected chi connectivity index (χ1v) is 8.03. The van der Waals surface area contributed by atoms with Gasteiger partial charge in [-0.05, 0) is 37.3 Å². The van der Waals surface area contributed by atoms with E-state index < -0.39 is 15.0 Å². The molecule has 0 aromatic heterocycles. The Bertz CT molecular complexity index is 889. The predicted octanol–water partition coefficient (Wildman–Crippen LogP) is 2.57. The molecule has 0 atom stereocenters. The number of non-ortho nitro benzene ring substituents is 1. The van der Waals surface area contributed by atoms with Crippen molar-refractivity contribution in [1.29, 1.82) is 0 Å². The number of ether oxygens (including phenoxy) is 1. The van der Waals surface area contributed by atoms with Gasteiger partial charge in [-0.1, -0.05) is 0 Å². The van der Waals surface area contributed by atoms with Crippen molar-refractivity contribution >= 4 is 21.6 Å². The van der Waals surface area contributed by atoms with Gasteiger partial charge in [0.2, 0.25) is 0 Å². The Balaban J connectivity index is 2.35. The van der Waals surface area contributed by atoms with Crippen LogP contribution in [0.25, 0.3) is 0 Å². The van der Waals surface area contributed by atoms with Gasteiger partial charge in [0.1, 0.15) is 4.90 Å². The standard InChI is InChI=1S/C15H13NO7S/c1-10(17)11-3-8-14(15(9-11)22-2)23-24(20,21)13-6-4-12(5-7-13)16(18)19/h3-9H,1-2H3. The topological polar surface area (TPSA) is 113 Å². The summed E-state index contributed by atoms with van der Waals surface area (Å²) < 4.78 is 34.6. The van der Waals surface area contributed by atoms with Crippen LogP contribution in [0.4, 0.5) is 5.69 Å². The number of Topliss-reactive ketones (excluding diaryl/α,β-unsaturated/α-hetero) is 1. The van der Waals surface area contributed by atoms with Crippen LogP contribution < -0.4 is 8.92 Å². The predicted molar refractivity (Wildman–Crippen MR) is 83.9 cm³/mol. The highest BCUT2D eigenvalue weighted by atomic mass is 32.2. The van der Waals surface area contributed by atoms with E-state index in [1.165, 1.54) is 32.2 Å². The fraction of sp³-hybridized carbons (Fsp3) is 0.133. The number of carbonyl (C=O) groups excluding carboxylic acids is 1. The summed E-state index contributed by atoms with van der Waals surface area (Å²) in [5.74, 6) is -0.230. The zero-order valence-corrected chi connectivity index (χ0v) is 13.6. The number of ketones is 1. The summed E-state index contributed by atoms with van der Waals surface area (Å²) in [6, 6.07) is 8.35. The molecular weight excluding hydrogens is 338 g/mol. The van der Waals surface area contributed by atoms with Crippen molar-refractivity contribution in [1.82, 2.24) is 0 Å². The summed E-state index contributed by atoms with van der Waals surface area (Å²) in [6.45, 7) is 1.36. The third-order valence-electron chi connectivity index (χ3n) is 3.11. The summed E-state index contributed by atoms with van der Waals surface area (Å²) in [5, 5.41) is 10.6. The van der Waals surface area contributed by atoms with Gasteiger partial charge in [0.15, 0.2) is 17.3 Å². The molecular formula is C15H13NO7S. The van der Waals surface area contributed by atoms with Gasteiger partial charge in [0.25, 0.3) is 5.69 Å². The van der Waals surface area contributed by atoms with Gasteiger partial charge < -0.3 is 8.92 Å². The molecule has 2 rings (SSSR count). The second-order valence-electron chi connectivity index (χ2n) is 4.71. The molecule has 0 fully saturated rings. The van der Waals surface area contributed by atoms with Crippen LogP contribution in [0.1, 0.15) is 17.3 Å². The maximum atomic E-state index is 12.3. The Hall–Kier alpha value is -2.94. The van der Waals surface area contributed by atoms with Crippen molar-refractivity contribution < 1.29 is 27.1 Å². The molecule has 9 heteroatoms. The van der Waals surface area contributed by atoms with Crippen LogP contribution in [0.2, 0.25) is 0 Å². The van der Waals surface area contributed by atoms with Crippen LogP contribution in [0.15, 0.2) is 47.4 Å². The lowest BCUT2D eigenvalue weighted by molar-refractivity contribution is -0.384. The molecule has 8 nitrogen and oxygen atoms in total. The molecule has 0 N–H and O–H groups in total. The van der Waals surface area contributed by atoms with Gasteiger partial charge in [-0.2, -0.15) is 8.42 Å². The molecule has 0 aliphatic carbocycles. The zero-order valence-electron chi connectivity index (χ0n) is 12.8. The number of nitro groups is 1. The average molecular weight is 351 g/mol. The quantitative estimate of drug-likeness (QED) is 0.340. The Morgan fingerprint density at radius 3 is 2.21 bits per heavy atom. The van der Waals surface area contributed by atoms with Gasteiger partial charge in [-0.3, -0.25) is 14.9 Å². The fourth-order valence-electron chi connectivity index (χ4n) is 1.86. The number of hydrogen-bond donors (Lipinski definition) is 0. The molecule has 0 unspecified atom stereocenters. The molecule has 0 aliphatic rings. The SMILES string of the molecule is COc1cc(C(C)=O)ccc1OS(=O)(=O)c1ccc([N+](=O)[O-])cc1. The molecule has 0 bridgehead atoms. The smallest absolute Gasteiger partial charge is 0.339 e. The maximum Gasteiger partial charge on any atom is 0.339 e. The highest BCUT2D eigenvalue weighted by molar-refractivity contribution is 7.87. The minimum absolute atomic E-state index is 0.0770. The number of methoxy groups -OCH3 is 1. The van der Waals surface area contributed by atoms with Gasteiger partial charge in [0, 0.05) is 17.7 Å². The van der Waals surface area contributed by atoms with Gasteiger partial charge >= 0.3 is 10.1 Å². The van der Waals surface area contributed by atoms with Crippen LogP contribution in [0, 0.1) is 10.1 Å². The first-order valence-electron chi connectivity index (χ1n) is 6.62. The first kappa shape index (κ1) is 17.4. The molecule has 2 aromatic carbocycles. The highest BCUT2D eigenvalue weighted by Crippen LogP contribution is 2.31. The third-order valence-corrected chi connectivity index (χ3v) is 4.35. The molecule has 24 heavy (non-hydrogen) atoms. The average Bonchev–Trinajstić information content (AvgIpc) is 2.54. The largest absolute Gasteiger partial charge is 0.493 e. The van der Waals surface area contributed by atoms with E-state index in [0.717, 1.165) is 24.3 Å². The van der Waals surface area contributed by atoms with Crippen LogP contribution in [-0.4, -0.2) is 26.2 Å². The van der Waals surface area contributed by atoms with E-state index in [-0.39, 0.29) is 27.9 Å². The van der Waals surface area contributed by atoms with Gasteiger partial charge in [-0.25, -0.2) is 0 Å². The van der Waals surface area contributed by atoms with E-state index in [0.29, 0.717) is 5.56 Å². The van der Waals surface area contributed by atoms with E-state index in [2.05, 4.69) is 0 Å². The highest BCUT2D eigenvalue weighted by Gasteiger charge is 2.21. The van der Waals surface area contributed by atoms with Crippen molar-refractivity contribution in [3.63, 3.8) is 0 Å². The fourth-order valence-corrected chi connectivity index (χ4v) is 2.80. The second kappa shape index (κ2) is 6.67. The number of rotatable bonds is 6. The second-order valence-corrected chi connectivity index (χ2v) is 6.26. The summed E-state index contributed by atoms with van der Waals surface area (Å²) in [4.78, 5) is 21.1. The molecule has 0 spiro atoms. The molecule has 0 amide bonds. The summed E-state index contributed by atoms with van der Waals surface area (Å²) in [6.07, 6.45) is 0. The summed E-state index contributed by atoms with van der Waals surface area (Å²) >= 11 is 0. The Morgan fingerprint density at radius 2 is 1.71 bits per heavy atom. The maximum absolute atomic E-state index is 12.3. The van der Waals surface area contributed by atoms with Crippen LogP contribution in [0.5, 0.6) is 11.5 Å². The first-order chi connectivity index (χ1) is 11.2. The minimum atomic E-state index is -4.21. The van der Waals surface area contributed by atoms with Gasteiger partial charge in [0.05, 0.1) is 12.0 Å². The third kappa shape index (κ3) is 3.69. The van der Waals surface area contributed by atoms with E-state index in [9.17, 15) is 23.3 Å².